The van der Waals surface area contributed by atoms with Gasteiger partial charge < -0.3 is 10.0 Å². The molecule has 0 radical (unpaired) electrons. The standard InChI is InChI=1S/C13H14N4O3/c1-8(18)16-6-2-3-10(16)11-4-5-14-12-9(13(19)20)7-15-17(11)12/h4-5,7,10H,2-3,6H2,1H3,(H,19,20). The Bertz CT molecular complexity index is 694. The van der Waals surface area contributed by atoms with Crippen molar-refractivity contribution in [3.05, 3.63) is 29.7 Å². The van der Waals surface area contributed by atoms with Gasteiger partial charge in [-0.1, -0.05) is 0 Å². The summed E-state index contributed by atoms with van der Waals surface area (Å²) in [5.41, 5.74) is 1.18. The minimum atomic E-state index is -1.06. The van der Waals surface area contributed by atoms with E-state index in [0.29, 0.717) is 5.65 Å². The van der Waals surface area contributed by atoms with Gasteiger partial charge in [-0.25, -0.2) is 14.3 Å². The summed E-state index contributed by atoms with van der Waals surface area (Å²) in [6.45, 7) is 2.26. The first-order valence-electron chi connectivity index (χ1n) is 6.42. The van der Waals surface area contributed by atoms with Gasteiger partial charge in [-0.05, 0) is 18.9 Å². The summed E-state index contributed by atoms with van der Waals surface area (Å²) in [6.07, 6.45) is 4.64. The van der Waals surface area contributed by atoms with Crippen LogP contribution < -0.4 is 0 Å². The predicted molar refractivity (Wildman–Crippen MR) is 69.3 cm³/mol. The van der Waals surface area contributed by atoms with Crippen LogP contribution in [0.4, 0.5) is 0 Å². The van der Waals surface area contributed by atoms with Crippen molar-refractivity contribution in [1.82, 2.24) is 19.5 Å². The summed E-state index contributed by atoms with van der Waals surface area (Å²) in [7, 11) is 0. The van der Waals surface area contributed by atoms with Crippen molar-refractivity contribution in [2.24, 2.45) is 0 Å². The van der Waals surface area contributed by atoms with Gasteiger partial charge in [-0.3, -0.25) is 4.79 Å². The van der Waals surface area contributed by atoms with E-state index < -0.39 is 5.97 Å². The number of hydrogen-bond acceptors (Lipinski definition) is 4. The van der Waals surface area contributed by atoms with Crippen LogP contribution in [0, 0.1) is 0 Å². The lowest BCUT2D eigenvalue weighted by Crippen LogP contribution is -2.29. The highest BCUT2D eigenvalue weighted by Crippen LogP contribution is 2.31. The molecule has 1 fully saturated rings. The molecule has 0 aliphatic carbocycles. The predicted octanol–water partition coefficient (Wildman–Crippen LogP) is 1.11. The number of aromatic carboxylic acids is 1. The molecule has 1 N–H and O–H groups in total. The molecule has 1 unspecified atom stereocenters. The fraction of sp³-hybridized carbons (Fsp3) is 0.385. The summed E-state index contributed by atoms with van der Waals surface area (Å²) >= 11 is 0. The third-order valence-corrected chi connectivity index (χ3v) is 3.66. The average molecular weight is 274 g/mol. The zero-order valence-corrected chi connectivity index (χ0v) is 11.0. The molecule has 2 aromatic rings. The van der Waals surface area contributed by atoms with Crippen molar-refractivity contribution in [3.63, 3.8) is 0 Å². The topological polar surface area (TPSA) is 87.8 Å². The zero-order valence-electron chi connectivity index (χ0n) is 11.0. The van der Waals surface area contributed by atoms with Crippen molar-refractivity contribution >= 4 is 17.5 Å². The first kappa shape index (κ1) is 12.6. The number of fused-ring (bicyclic) bond motifs is 1. The van der Waals surface area contributed by atoms with Gasteiger partial charge >= 0.3 is 5.97 Å². The maximum absolute atomic E-state index is 11.7. The highest BCUT2D eigenvalue weighted by Gasteiger charge is 2.30. The Morgan fingerprint density at radius 3 is 2.95 bits per heavy atom. The van der Waals surface area contributed by atoms with Crippen molar-refractivity contribution < 1.29 is 14.7 Å². The summed E-state index contributed by atoms with van der Waals surface area (Å²) in [5, 5.41) is 13.2. The highest BCUT2D eigenvalue weighted by atomic mass is 16.4. The van der Waals surface area contributed by atoms with E-state index in [0.717, 1.165) is 25.1 Å². The highest BCUT2D eigenvalue weighted by molar-refractivity contribution is 5.94. The monoisotopic (exact) mass is 274 g/mol. The second-order valence-corrected chi connectivity index (χ2v) is 4.84. The van der Waals surface area contributed by atoms with Gasteiger partial charge in [0.05, 0.1) is 17.9 Å². The van der Waals surface area contributed by atoms with Crippen LogP contribution in [0.1, 0.15) is 41.9 Å². The Labute approximate surface area is 114 Å². The third kappa shape index (κ3) is 1.82. The van der Waals surface area contributed by atoms with Gasteiger partial charge in [0, 0.05) is 19.7 Å². The lowest BCUT2D eigenvalue weighted by atomic mass is 10.1. The molecule has 1 aliphatic heterocycles. The number of aromatic nitrogens is 3. The van der Waals surface area contributed by atoms with Crippen LogP contribution in [-0.2, 0) is 4.79 Å². The Balaban J connectivity index is 2.12. The van der Waals surface area contributed by atoms with Crippen LogP contribution in [0.3, 0.4) is 0 Å². The third-order valence-electron chi connectivity index (χ3n) is 3.66. The first-order valence-corrected chi connectivity index (χ1v) is 6.42. The quantitative estimate of drug-likeness (QED) is 0.886. The van der Waals surface area contributed by atoms with Crippen LogP contribution >= 0.6 is 0 Å². The van der Waals surface area contributed by atoms with Crippen LogP contribution in [0.15, 0.2) is 18.5 Å². The van der Waals surface area contributed by atoms with E-state index in [9.17, 15) is 9.59 Å². The minimum Gasteiger partial charge on any atom is -0.477 e. The molecule has 3 rings (SSSR count). The number of likely N-dealkylation sites (tertiary alicyclic amines) is 1. The first-order chi connectivity index (χ1) is 9.59. The summed E-state index contributed by atoms with van der Waals surface area (Å²) in [5.74, 6) is -1.04. The molecule has 2 aromatic heterocycles. The minimum absolute atomic E-state index is 0.0167. The second kappa shape index (κ2) is 4.59. The largest absolute Gasteiger partial charge is 0.477 e. The number of hydrogen-bond donors (Lipinski definition) is 1. The molecule has 1 aliphatic rings. The Morgan fingerprint density at radius 1 is 1.45 bits per heavy atom. The smallest absolute Gasteiger partial charge is 0.341 e. The van der Waals surface area contributed by atoms with Crippen LogP contribution in [0.2, 0.25) is 0 Å². The van der Waals surface area contributed by atoms with Gasteiger partial charge in [-0.15, -0.1) is 0 Å². The van der Waals surface area contributed by atoms with E-state index in [2.05, 4.69) is 10.1 Å². The molecule has 0 aromatic carbocycles. The normalized spacial score (nSPS) is 18.6. The molecule has 0 saturated carbocycles. The van der Waals surface area contributed by atoms with E-state index in [1.165, 1.54) is 10.7 Å². The number of nitrogens with zero attached hydrogens (tertiary/aromatic N) is 4. The van der Waals surface area contributed by atoms with Crippen molar-refractivity contribution in [1.29, 1.82) is 0 Å². The van der Waals surface area contributed by atoms with Crippen molar-refractivity contribution in [2.75, 3.05) is 6.54 Å². The molecule has 7 nitrogen and oxygen atoms in total. The van der Waals surface area contributed by atoms with Crippen LogP contribution in [0.5, 0.6) is 0 Å². The van der Waals surface area contributed by atoms with Gasteiger partial charge in [0.25, 0.3) is 0 Å². The van der Waals surface area contributed by atoms with Gasteiger partial charge in [0.1, 0.15) is 5.56 Å². The molecule has 1 amide bonds. The number of carbonyl (C=O) groups excluding carboxylic acids is 1. The van der Waals surface area contributed by atoms with E-state index in [-0.39, 0.29) is 17.5 Å². The average Bonchev–Trinajstić information content (AvgIpc) is 3.04. The fourth-order valence-corrected chi connectivity index (χ4v) is 2.76. The molecule has 1 atom stereocenters. The summed E-state index contributed by atoms with van der Waals surface area (Å²) in [4.78, 5) is 28.7. The van der Waals surface area contributed by atoms with Crippen molar-refractivity contribution in [2.45, 2.75) is 25.8 Å². The number of rotatable bonds is 2. The zero-order chi connectivity index (χ0) is 14.3. The van der Waals surface area contributed by atoms with Crippen LogP contribution in [0.25, 0.3) is 5.65 Å². The van der Waals surface area contributed by atoms with E-state index in [4.69, 9.17) is 5.11 Å². The molecule has 104 valence electrons. The Hall–Kier alpha value is -2.44. The van der Waals surface area contributed by atoms with Crippen molar-refractivity contribution in [3.8, 4) is 0 Å². The molecule has 20 heavy (non-hydrogen) atoms. The van der Waals surface area contributed by atoms with E-state index in [1.807, 2.05) is 0 Å². The number of amides is 1. The molecule has 7 heteroatoms. The second-order valence-electron chi connectivity index (χ2n) is 4.84. The maximum Gasteiger partial charge on any atom is 0.341 e. The summed E-state index contributed by atoms with van der Waals surface area (Å²) < 4.78 is 1.52. The van der Waals surface area contributed by atoms with Gasteiger partial charge in [0.15, 0.2) is 5.65 Å². The SMILES string of the molecule is CC(=O)N1CCCC1c1ccnc2c(C(=O)O)cnn12. The molecule has 1 saturated heterocycles. The van der Waals surface area contributed by atoms with Crippen LogP contribution in [-0.4, -0.2) is 43.0 Å². The molecular weight excluding hydrogens is 260 g/mol. The Kier molecular flexibility index (Phi) is 2.89. The number of carboxylic acid groups (broad SMARTS) is 1. The summed E-state index contributed by atoms with van der Waals surface area (Å²) in [6, 6.07) is 1.72. The lowest BCUT2D eigenvalue weighted by Gasteiger charge is -2.23. The van der Waals surface area contributed by atoms with E-state index >= 15 is 0 Å². The Morgan fingerprint density at radius 2 is 2.25 bits per heavy atom. The molecule has 3 heterocycles. The molecular formula is C13H14N4O3. The molecule has 0 spiro atoms. The number of carbonyl (C=O) groups is 2. The fourth-order valence-electron chi connectivity index (χ4n) is 2.76. The lowest BCUT2D eigenvalue weighted by molar-refractivity contribution is -0.129. The van der Waals surface area contributed by atoms with Gasteiger partial charge in [0.2, 0.25) is 5.91 Å². The maximum atomic E-state index is 11.7. The van der Waals surface area contributed by atoms with Gasteiger partial charge in [-0.2, -0.15) is 5.10 Å². The number of carboxylic acids is 1. The molecule has 0 bridgehead atoms. The van der Waals surface area contributed by atoms with E-state index in [1.54, 1.807) is 24.1 Å².